The van der Waals surface area contributed by atoms with Crippen LogP contribution in [0.2, 0.25) is 0 Å². The summed E-state index contributed by atoms with van der Waals surface area (Å²) in [5.74, 6) is -2.18. The van der Waals surface area contributed by atoms with Gasteiger partial charge in [-0.25, -0.2) is 14.4 Å². The number of amides is 3. The summed E-state index contributed by atoms with van der Waals surface area (Å²) in [5, 5.41) is 7.97. The van der Waals surface area contributed by atoms with Crippen LogP contribution in [0.1, 0.15) is 106 Å². The maximum Gasteiger partial charge on any atom is 0.329 e. The topological polar surface area (TPSA) is 175 Å². The molecular formula is C34H56N4O8. The normalized spacial score (nSPS) is 13.9. The van der Waals surface area contributed by atoms with Crippen LogP contribution in [0, 0.1) is 6.92 Å². The highest BCUT2D eigenvalue weighted by molar-refractivity contribution is 5.87. The minimum Gasteiger partial charge on any atom is -0.460 e. The van der Waals surface area contributed by atoms with E-state index in [-0.39, 0.29) is 25.2 Å². The first-order valence-corrected chi connectivity index (χ1v) is 15.9. The number of carbonyl (C=O) groups excluding carboxylic acids is 5. The third kappa shape index (κ3) is 18.3. The van der Waals surface area contributed by atoms with Gasteiger partial charge in [-0.2, -0.15) is 0 Å². The molecule has 0 saturated carbocycles. The summed E-state index contributed by atoms with van der Waals surface area (Å²) in [6.07, 6.45) is 1.39. The number of benzene rings is 1. The van der Waals surface area contributed by atoms with Crippen LogP contribution in [0.25, 0.3) is 0 Å². The Labute approximate surface area is 274 Å². The van der Waals surface area contributed by atoms with E-state index in [4.69, 9.17) is 19.9 Å². The van der Waals surface area contributed by atoms with E-state index >= 15 is 0 Å². The number of nitrogens with two attached hydrogens (primary N) is 1. The molecule has 0 aliphatic rings. The van der Waals surface area contributed by atoms with Crippen molar-refractivity contribution in [2.45, 2.75) is 143 Å². The zero-order chi connectivity index (χ0) is 35.3. The van der Waals surface area contributed by atoms with Gasteiger partial charge in [0.2, 0.25) is 5.91 Å². The summed E-state index contributed by atoms with van der Waals surface area (Å²) in [6, 6.07) is 4.11. The van der Waals surface area contributed by atoms with E-state index in [1.54, 1.807) is 62.3 Å². The molecule has 12 heteroatoms. The fraction of sp³-hybridized carbons (Fsp3) is 0.676. The van der Waals surface area contributed by atoms with Gasteiger partial charge in [-0.3, -0.25) is 9.59 Å². The average molecular weight is 649 g/mol. The van der Waals surface area contributed by atoms with Crippen molar-refractivity contribution in [2.24, 2.45) is 5.73 Å². The monoisotopic (exact) mass is 648 g/mol. The van der Waals surface area contributed by atoms with E-state index in [9.17, 15) is 24.0 Å². The Balaban J connectivity index is 2.81. The second-order valence-electron chi connectivity index (χ2n) is 14.5. The zero-order valence-corrected chi connectivity index (χ0v) is 29.3. The minimum atomic E-state index is -1.18. The van der Waals surface area contributed by atoms with Gasteiger partial charge in [0.1, 0.15) is 28.9 Å². The molecule has 0 heterocycles. The van der Waals surface area contributed by atoms with Gasteiger partial charge in [0.15, 0.2) is 0 Å². The van der Waals surface area contributed by atoms with Gasteiger partial charge in [-0.15, -0.1) is 0 Å². The Bertz CT molecular complexity index is 1160. The lowest BCUT2D eigenvalue weighted by molar-refractivity contribution is -0.159. The second-order valence-corrected chi connectivity index (χ2v) is 14.5. The highest BCUT2D eigenvalue weighted by Gasteiger charge is 2.31. The summed E-state index contributed by atoms with van der Waals surface area (Å²) >= 11 is 0. The summed E-state index contributed by atoms with van der Waals surface area (Å²) < 4.78 is 16.3. The maximum absolute atomic E-state index is 13.1. The Morgan fingerprint density at radius 2 is 1.20 bits per heavy atom. The van der Waals surface area contributed by atoms with Crippen LogP contribution >= 0.6 is 0 Å². The van der Waals surface area contributed by atoms with Crippen LogP contribution in [0.3, 0.4) is 0 Å². The fourth-order valence-corrected chi connectivity index (χ4v) is 4.14. The molecule has 5 N–H and O–H groups in total. The van der Waals surface area contributed by atoms with Gasteiger partial charge in [-0.1, -0.05) is 29.8 Å². The molecular weight excluding hydrogens is 592 g/mol. The Morgan fingerprint density at radius 3 is 1.67 bits per heavy atom. The van der Waals surface area contributed by atoms with E-state index in [1.165, 1.54) is 0 Å². The lowest BCUT2D eigenvalue weighted by atomic mass is 10.0. The van der Waals surface area contributed by atoms with Crippen molar-refractivity contribution in [1.29, 1.82) is 0 Å². The number of carbonyl (C=O) groups is 5. The quantitative estimate of drug-likeness (QED) is 0.124. The zero-order valence-electron chi connectivity index (χ0n) is 29.3. The standard InChI is InChI=1S/C34H56N4O8/c1-22-14-16-23(17-15-22)21-24(35)28(40)36-20-12-11-13-25(29(41)45-33(5,6)7)37-31(43)38-26(30(42)46-34(8,9)10)18-19-27(39)44-32(2,3)4/h14-17,24-26H,11-13,18-21,35H2,1-10H3,(H,36,40)(H2,37,38,43)/t24-,25-,26-/m0/s1. The van der Waals surface area contributed by atoms with E-state index in [1.807, 2.05) is 31.2 Å². The van der Waals surface area contributed by atoms with Gasteiger partial charge in [0.05, 0.1) is 6.04 Å². The Morgan fingerprint density at radius 1 is 0.717 bits per heavy atom. The third-order valence-corrected chi connectivity index (χ3v) is 6.18. The molecule has 46 heavy (non-hydrogen) atoms. The number of nitrogens with one attached hydrogen (secondary N) is 3. The van der Waals surface area contributed by atoms with Crippen LogP contribution < -0.4 is 21.7 Å². The van der Waals surface area contributed by atoms with Crippen molar-refractivity contribution in [3.8, 4) is 0 Å². The first-order valence-electron chi connectivity index (χ1n) is 15.9. The van der Waals surface area contributed by atoms with Crippen LogP contribution in [0.4, 0.5) is 4.79 Å². The van der Waals surface area contributed by atoms with Gasteiger partial charge in [-0.05, 0) is 107 Å². The van der Waals surface area contributed by atoms with Crippen molar-refractivity contribution < 1.29 is 38.2 Å². The van der Waals surface area contributed by atoms with Gasteiger partial charge >= 0.3 is 23.9 Å². The van der Waals surface area contributed by atoms with Gasteiger partial charge < -0.3 is 35.9 Å². The van der Waals surface area contributed by atoms with Crippen molar-refractivity contribution in [1.82, 2.24) is 16.0 Å². The predicted octanol–water partition coefficient (Wildman–Crippen LogP) is 3.99. The average Bonchev–Trinajstić information content (AvgIpc) is 2.88. The van der Waals surface area contributed by atoms with Gasteiger partial charge in [0, 0.05) is 13.0 Å². The van der Waals surface area contributed by atoms with Crippen LogP contribution in [0.15, 0.2) is 24.3 Å². The molecule has 0 unspecified atom stereocenters. The number of hydrogen-bond acceptors (Lipinski definition) is 9. The molecule has 0 saturated heterocycles. The number of urea groups is 1. The molecule has 0 fully saturated rings. The van der Waals surface area contributed by atoms with E-state index < -0.39 is 58.9 Å². The fourth-order valence-electron chi connectivity index (χ4n) is 4.14. The second kappa shape index (κ2) is 17.9. The van der Waals surface area contributed by atoms with Crippen molar-refractivity contribution in [3.63, 3.8) is 0 Å². The number of unbranched alkanes of at least 4 members (excludes halogenated alkanes) is 1. The molecule has 3 atom stereocenters. The number of rotatable bonds is 15. The first-order chi connectivity index (χ1) is 21.0. The number of ether oxygens (including phenoxy) is 3. The third-order valence-electron chi connectivity index (χ3n) is 6.18. The van der Waals surface area contributed by atoms with E-state index in [2.05, 4.69) is 16.0 Å². The lowest BCUT2D eigenvalue weighted by Crippen LogP contribution is -2.53. The van der Waals surface area contributed by atoms with Crippen LogP contribution in [-0.2, 0) is 39.8 Å². The highest BCUT2D eigenvalue weighted by atomic mass is 16.6. The molecule has 0 aromatic heterocycles. The molecule has 0 bridgehead atoms. The Kier molecular flexibility index (Phi) is 15.7. The molecule has 1 rings (SSSR count). The number of aryl methyl sites for hydroxylation is 1. The summed E-state index contributed by atoms with van der Waals surface area (Å²) in [7, 11) is 0. The van der Waals surface area contributed by atoms with Crippen LogP contribution in [-0.4, -0.2) is 71.3 Å². The summed E-state index contributed by atoms with van der Waals surface area (Å²) in [4.78, 5) is 63.8. The molecule has 260 valence electrons. The summed E-state index contributed by atoms with van der Waals surface area (Å²) in [5.41, 5.74) is 5.82. The Hall–Kier alpha value is -3.67. The van der Waals surface area contributed by atoms with Crippen molar-refractivity contribution in [2.75, 3.05) is 6.54 Å². The van der Waals surface area contributed by atoms with Gasteiger partial charge in [0.25, 0.3) is 0 Å². The predicted molar refractivity (Wildman–Crippen MR) is 176 cm³/mol. The molecule has 1 aromatic rings. The molecule has 0 spiro atoms. The number of hydrogen-bond donors (Lipinski definition) is 4. The largest absolute Gasteiger partial charge is 0.460 e. The molecule has 1 aromatic carbocycles. The molecule has 12 nitrogen and oxygen atoms in total. The smallest absolute Gasteiger partial charge is 0.329 e. The van der Waals surface area contributed by atoms with Crippen LogP contribution in [0.5, 0.6) is 0 Å². The van der Waals surface area contributed by atoms with Crippen molar-refractivity contribution >= 4 is 29.8 Å². The van der Waals surface area contributed by atoms with E-state index in [0.29, 0.717) is 25.8 Å². The highest BCUT2D eigenvalue weighted by Crippen LogP contribution is 2.15. The number of esters is 3. The lowest BCUT2D eigenvalue weighted by Gasteiger charge is -2.27. The molecule has 0 aliphatic carbocycles. The molecule has 3 amide bonds. The van der Waals surface area contributed by atoms with Crippen molar-refractivity contribution in [3.05, 3.63) is 35.4 Å². The molecule has 0 aliphatic heterocycles. The maximum atomic E-state index is 13.1. The molecule has 0 radical (unpaired) electrons. The SMILES string of the molecule is Cc1ccc(C[C@H](N)C(=O)NCCCC[C@H](NC(=O)N[C@@H](CCC(=O)OC(C)(C)C)C(=O)OC(C)(C)C)C(=O)OC(C)(C)C)cc1. The summed E-state index contributed by atoms with van der Waals surface area (Å²) in [6.45, 7) is 17.7. The minimum absolute atomic E-state index is 0.0693. The van der Waals surface area contributed by atoms with E-state index in [0.717, 1.165) is 11.1 Å². The first kappa shape index (κ1) is 40.4.